The lowest BCUT2D eigenvalue weighted by atomic mass is 9.82. The molecule has 0 fully saturated rings. The summed E-state index contributed by atoms with van der Waals surface area (Å²) in [6.45, 7) is 10.4. The maximum atomic E-state index is 13.0. The summed E-state index contributed by atoms with van der Waals surface area (Å²) in [6.07, 6.45) is 8.81. The maximum Gasteiger partial charge on any atom is 0.328 e. The normalized spacial score (nSPS) is 11.5. The average Bonchev–Trinajstić information content (AvgIpc) is 2.71. The van der Waals surface area contributed by atoms with Crippen molar-refractivity contribution >= 4 is 11.9 Å². The van der Waals surface area contributed by atoms with E-state index in [1.807, 2.05) is 32.0 Å². The van der Waals surface area contributed by atoms with Gasteiger partial charge in [-0.05, 0) is 36.8 Å². The molecule has 0 saturated heterocycles. The molecule has 0 unspecified atom stereocenters. The number of carbonyl (C=O) groups excluding carboxylic acids is 2. The molecule has 1 aromatic rings. The summed E-state index contributed by atoms with van der Waals surface area (Å²) in [5.41, 5.74) is -0.288. The average molecular weight is 405 g/mol. The van der Waals surface area contributed by atoms with Crippen molar-refractivity contribution in [1.29, 1.82) is 0 Å². The third-order valence-electron chi connectivity index (χ3n) is 5.71. The van der Waals surface area contributed by atoms with Crippen LogP contribution in [0, 0.1) is 5.41 Å². The fourth-order valence-electron chi connectivity index (χ4n) is 3.52. The summed E-state index contributed by atoms with van der Waals surface area (Å²) >= 11 is 0. The van der Waals surface area contributed by atoms with Gasteiger partial charge in [0.05, 0.1) is 6.61 Å². The fraction of sp³-hybridized carbons (Fsp3) is 0.680. The number of esters is 2. The highest BCUT2D eigenvalue weighted by Gasteiger charge is 2.46. The Hall–Kier alpha value is -1.84. The Labute approximate surface area is 177 Å². The first-order valence-electron chi connectivity index (χ1n) is 11.4. The predicted molar refractivity (Wildman–Crippen MR) is 118 cm³/mol. The second kappa shape index (κ2) is 13.4. The molecule has 0 spiro atoms. The van der Waals surface area contributed by atoms with Crippen molar-refractivity contribution in [1.82, 2.24) is 0 Å². The van der Waals surface area contributed by atoms with Crippen molar-refractivity contribution in [2.45, 2.75) is 98.3 Å². The van der Waals surface area contributed by atoms with Crippen molar-refractivity contribution in [2.24, 2.45) is 5.41 Å². The Morgan fingerprint density at radius 3 is 2.03 bits per heavy atom. The molecular weight excluding hydrogens is 364 g/mol. The van der Waals surface area contributed by atoms with Gasteiger partial charge >= 0.3 is 11.9 Å². The topological polar surface area (TPSA) is 52.6 Å². The highest BCUT2D eigenvalue weighted by molar-refractivity contribution is 6.00. The van der Waals surface area contributed by atoms with Crippen LogP contribution in [-0.2, 0) is 14.3 Å². The van der Waals surface area contributed by atoms with Crippen LogP contribution in [0.15, 0.2) is 24.3 Å². The molecular formula is C25H40O4. The van der Waals surface area contributed by atoms with Crippen molar-refractivity contribution in [3.8, 4) is 5.75 Å². The van der Waals surface area contributed by atoms with E-state index >= 15 is 0 Å². The van der Waals surface area contributed by atoms with Crippen molar-refractivity contribution < 1.29 is 19.1 Å². The molecule has 0 atom stereocenters. The van der Waals surface area contributed by atoms with Gasteiger partial charge in [-0.1, -0.05) is 91.3 Å². The zero-order chi connectivity index (χ0) is 21.7. The van der Waals surface area contributed by atoms with Gasteiger partial charge in [0, 0.05) is 0 Å². The highest BCUT2D eigenvalue weighted by atomic mass is 16.6. The van der Waals surface area contributed by atoms with Crippen molar-refractivity contribution in [3.63, 3.8) is 0 Å². The SMILES string of the molecule is CCCCCCCCCOC(=O)C(CC)(CC)C(=O)Oc1ccccc1C(C)C. The van der Waals surface area contributed by atoms with Gasteiger partial charge in [0.2, 0.25) is 0 Å². The van der Waals surface area contributed by atoms with Gasteiger partial charge in [-0.25, -0.2) is 0 Å². The molecule has 4 heteroatoms. The Morgan fingerprint density at radius 1 is 0.862 bits per heavy atom. The van der Waals surface area contributed by atoms with Gasteiger partial charge in [-0.3, -0.25) is 9.59 Å². The van der Waals surface area contributed by atoms with Crippen molar-refractivity contribution in [2.75, 3.05) is 6.61 Å². The van der Waals surface area contributed by atoms with Crippen LogP contribution in [0.1, 0.15) is 104 Å². The third kappa shape index (κ3) is 7.49. The summed E-state index contributed by atoms with van der Waals surface area (Å²) in [6, 6.07) is 7.50. The first kappa shape index (κ1) is 25.2. The van der Waals surface area contributed by atoms with E-state index in [0.717, 1.165) is 24.8 Å². The molecule has 0 heterocycles. The molecule has 0 saturated carbocycles. The molecule has 164 valence electrons. The number of benzene rings is 1. The number of para-hydroxylation sites is 1. The van der Waals surface area contributed by atoms with E-state index in [9.17, 15) is 9.59 Å². The molecule has 0 amide bonds. The minimum absolute atomic E-state index is 0.223. The second-order valence-corrected chi connectivity index (χ2v) is 8.13. The fourth-order valence-corrected chi connectivity index (χ4v) is 3.52. The molecule has 0 aliphatic rings. The third-order valence-corrected chi connectivity index (χ3v) is 5.71. The van der Waals surface area contributed by atoms with Gasteiger partial charge in [-0.2, -0.15) is 0 Å². The minimum Gasteiger partial charge on any atom is -0.465 e. The Bertz CT molecular complexity index is 617. The second-order valence-electron chi connectivity index (χ2n) is 8.13. The summed E-state index contributed by atoms with van der Waals surface area (Å²) in [5, 5.41) is 0. The van der Waals surface area contributed by atoms with Crippen LogP contribution in [0.25, 0.3) is 0 Å². The molecule has 29 heavy (non-hydrogen) atoms. The van der Waals surface area contributed by atoms with E-state index in [1.54, 1.807) is 6.07 Å². The van der Waals surface area contributed by atoms with Crippen LogP contribution in [0.4, 0.5) is 0 Å². The van der Waals surface area contributed by atoms with Crippen LogP contribution in [-0.4, -0.2) is 18.5 Å². The predicted octanol–water partition coefficient (Wildman–Crippen LogP) is 6.82. The van der Waals surface area contributed by atoms with E-state index in [4.69, 9.17) is 9.47 Å². The van der Waals surface area contributed by atoms with Crippen LogP contribution >= 0.6 is 0 Å². The number of carbonyl (C=O) groups is 2. The lowest BCUT2D eigenvalue weighted by Gasteiger charge is -2.27. The smallest absolute Gasteiger partial charge is 0.328 e. The molecule has 0 aliphatic carbocycles. The van der Waals surface area contributed by atoms with Crippen molar-refractivity contribution in [3.05, 3.63) is 29.8 Å². The van der Waals surface area contributed by atoms with Gasteiger partial charge in [-0.15, -0.1) is 0 Å². The van der Waals surface area contributed by atoms with Gasteiger partial charge in [0.15, 0.2) is 5.41 Å². The number of rotatable bonds is 14. The summed E-state index contributed by atoms with van der Waals surface area (Å²) in [5.74, 6) is -0.222. The molecule has 0 N–H and O–H groups in total. The van der Waals surface area contributed by atoms with E-state index in [0.29, 0.717) is 25.2 Å². The Kier molecular flexibility index (Phi) is 11.6. The van der Waals surface area contributed by atoms with E-state index in [-0.39, 0.29) is 5.92 Å². The zero-order valence-electron chi connectivity index (χ0n) is 19.1. The van der Waals surface area contributed by atoms with Gasteiger partial charge < -0.3 is 9.47 Å². The molecule has 0 aromatic heterocycles. The first-order chi connectivity index (χ1) is 13.9. The van der Waals surface area contributed by atoms with Crippen LogP contribution in [0.2, 0.25) is 0 Å². The van der Waals surface area contributed by atoms with Crippen LogP contribution < -0.4 is 4.74 Å². The number of unbranched alkanes of at least 4 members (excludes halogenated alkanes) is 6. The zero-order valence-corrected chi connectivity index (χ0v) is 19.1. The minimum atomic E-state index is -1.24. The van der Waals surface area contributed by atoms with Gasteiger partial charge in [0.1, 0.15) is 5.75 Å². The molecule has 1 rings (SSSR count). The Morgan fingerprint density at radius 2 is 1.45 bits per heavy atom. The number of hydrogen-bond donors (Lipinski definition) is 0. The molecule has 0 radical (unpaired) electrons. The number of ether oxygens (including phenoxy) is 2. The van der Waals surface area contributed by atoms with E-state index < -0.39 is 17.4 Å². The largest absolute Gasteiger partial charge is 0.465 e. The van der Waals surface area contributed by atoms with E-state index in [2.05, 4.69) is 20.8 Å². The molecule has 1 aromatic carbocycles. The summed E-state index contributed by atoms with van der Waals surface area (Å²) in [7, 11) is 0. The standard InChI is InChI=1S/C25H40O4/c1-6-9-10-11-12-13-16-19-28-23(26)25(7-2,8-3)24(27)29-22-18-15-14-17-21(22)20(4)5/h14-15,17-18,20H,6-13,16,19H2,1-5H3. The Balaban J connectivity index is 2.66. The monoisotopic (exact) mass is 404 g/mol. The molecule has 0 aliphatic heterocycles. The van der Waals surface area contributed by atoms with Crippen LogP contribution in [0.5, 0.6) is 5.75 Å². The lowest BCUT2D eigenvalue weighted by molar-refractivity contribution is -0.168. The van der Waals surface area contributed by atoms with Crippen LogP contribution in [0.3, 0.4) is 0 Å². The summed E-state index contributed by atoms with van der Waals surface area (Å²) < 4.78 is 11.2. The number of hydrogen-bond acceptors (Lipinski definition) is 4. The molecule has 0 bridgehead atoms. The molecule has 4 nitrogen and oxygen atoms in total. The maximum absolute atomic E-state index is 13.0. The highest BCUT2D eigenvalue weighted by Crippen LogP contribution is 2.33. The summed E-state index contributed by atoms with van der Waals surface area (Å²) in [4.78, 5) is 25.9. The quantitative estimate of drug-likeness (QED) is 0.148. The van der Waals surface area contributed by atoms with Gasteiger partial charge in [0.25, 0.3) is 0 Å². The van der Waals surface area contributed by atoms with E-state index in [1.165, 1.54) is 25.7 Å². The lowest BCUT2D eigenvalue weighted by Crippen LogP contribution is -2.42. The first-order valence-corrected chi connectivity index (χ1v) is 11.4.